The number of nitrogens with zero attached hydrogens (tertiary/aromatic N) is 5. The summed E-state index contributed by atoms with van der Waals surface area (Å²) in [7, 11) is 0. The first kappa shape index (κ1) is 25.8. The minimum Gasteiger partial charge on any atom is -0.491 e. The lowest BCUT2D eigenvalue weighted by Crippen LogP contribution is -2.44. The van der Waals surface area contributed by atoms with Gasteiger partial charge < -0.3 is 24.4 Å². The largest absolute Gasteiger partial charge is 0.491 e. The van der Waals surface area contributed by atoms with Crippen LogP contribution < -0.4 is 15.0 Å². The summed E-state index contributed by atoms with van der Waals surface area (Å²) in [6.07, 6.45) is 7.17. The van der Waals surface area contributed by atoms with Crippen LogP contribution in [-0.2, 0) is 6.54 Å². The van der Waals surface area contributed by atoms with E-state index in [4.69, 9.17) is 15.1 Å². The Balaban J connectivity index is 1.40. The zero-order valence-corrected chi connectivity index (χ0v) is 23.1. The molecule has 0 bridgehead atoms. The topological polar surface area (TPSA) is 81.8 Å². The summed E-state index contributed by atoms with van der Waals surface area (Å²) in [5.74, 6) is 3.48. The van der Waals surface area contributed by atoms with Crippen molar-refractivity contribution in [3.8, 4) is 17.1 Å². The van der Waals surface area contributed by atoms with Gasteiger partial charge in [0, 0.05) is 42.6 Å². The highest BCUT2D eigenvalue weighted by molar-refractivity contribution is 6.04. The van der Waals surface area contributed by atoms with Crippen LogP contribution in [0.5, 0.6) is 5.75 Å². The predicted molar refractivity (Wildman–Crippen MR) is 151 cm³/mol. The Morgan fingerprint density at radius 3 is 2.59 bits per heavy atom. The Labute approximate surface area is 221 Å². The summed E-state index contributed by atoms with van der Waals surface area (Å²) in [4.78, 5) is 14.7. The highest BCUT2D eigenvalue weighted by Gasteiger charge is 2.35. The lowest BCUT2D eigenvalue weighted by molar-refractivity contribution is 0.138. The fourth-order valence-electron chi connectivity index (χ4n) is 6.19. The Kier molecular flexibility index (Phi) is 7.56. The van der Waals surface area contributed by atoms with Crippen molar-refractivity contribution < 1.29 is 4.74 Å². The molecule has 37 heavy (non-hydrogen) atoms. The van der Waals surface area contributed by atoms with E-state index in [9.17, 15) is 0 Å². The normalized spacial score (nSPS) is 21.1. The molecule has 0 spiro atoms. The summed E-state index contributed by atoms with van der Waals surface area (Å²) in [5, 5.41) is 11.2. The molecule has 3 aliphatic rings. The zero-order chi connectivity index (χ0) is 26.1. The van der Waals surface area contributed by atoms with E-state index in [1.807, 2.05) is 6.20 Å². The standard InChI is InChI=1S/C29H43N7O/c1-19(2)31-28(32-21(5)30)25-18-35-15-16-37-27-17-23(8-9-24(27)29(35)33-25)36-12-6-7-26(36)22-10-13-34(14-11-22)20(3)4/h8-9,17-20,22,26H,6-7,10-16H2,1-5H3,(H2,30,31,32). The molecule has 0 saturated carbocycles. The van der Waals surface area contributed by atoms with Gasteiger partial charge in [0.05, 0.1) is 12.1 Å². The number of likely N-dealkylation sites (tertiary alicyclic amines) is 1. The number of aliphatic imine (C=N–C) groups is 1. The maximum Gasteiger partial charge on any atom is 0.155 e. The Hall–Kier alpha value is -2.87. The van der Waals surface area contributed by atoms with Crippen molar-refractivity contribution in [3.05, 3.63) is 30.1 Å². The Morgan fingerprint density at radius 1 is 1.11 bits per heavy atom. The number of amidine groups is 2. The summed E-state index contributed by atoms with van der Waals surface area (Å²) in [6.45, 7) is 15.3. The number of hydrogen-bond acceptors (Lipinski definition) is 5. The van der Waals surface area contributed by atoms with Gasteiger partial charge in [0.1, 0.15) is 29.7 Å². The van der Waals surface area contributed by atoms with Crippen molar-refractivity contribution in [2.24, 2.45) is 10.9 Å². The van der Waals surface area contributed by atoms with E-state index in [-0.39, 0.29) is 11.9 Å². The third-order valence-electron chi connectivity index (χ3n) is 8.00. The average Bonchev–Trinajstić information content (AvgIpc) is 3.48. The average molecular weight is 506 g/mol. The van der Waals surface area contributed by atoms with Crippen LogP contribution in [0.25, 0.3) is 11.4 Å². The molecule has 8 nitrogen and oxygen atoms in total. The van der Waals surface area contributed by atoms with Crippen LogP contribution >= 0.6 is 0 Å². The first-order valence-corrected chi connectivity index (χ1v) is 14.1. The lowest BCUT2D eigenvalue weighted by Gasteiger charge is -2.40. The molecule has 2 saturated heterocycles. The molecule has 0 radical (unpaired) electrons. The number of fused-ring (bicyclic) bond motifs is 3. The molecule has 3 aliphatic heterocycles. The summed E-state index contributed by atoms with van der Waals surface area (Å²) < 4.78 is 8.42. The predicted octanol–water partition coefficient (Wildman–Crippen LogP) is 4.77. The van der Waals surface area contributed by atoms with Crippen molar-refractivity contribution in [1.82, 2.24) is 19.8 Å². The van der Waals surface area contributed by atoms with Crippen LogP contribution in [0, 0.1) is 11.3 Å². The molecule has 8 heteroatoms. The number of imidazole rings is 1. The number of rotatable bonds is 5. The van der Waals surface area contributed by atoms with Gasteiger partial charge >= 0.3 is 0 Å². The van der Waals surface area contributed by atoms with Crippen LogP contribution in [0.1, 0.15) is 66.0 Å². The molecule has 200 valence electrons. The van der Waals surface area contributed by atoms with Crippen LogP contribution in [-0.4, -0.2) is 70.5 Å². The van der Waals surface area contributed by atoms with Gasteiger partial charge in [-0.2, -0.15) is 0 Å². The fourth-order valence-corrected chi connectivity index (χ4v) is 6.19. The summed E-state index contributed by atoms with van der Waals surface area (Å²) in [6, 6.07) is 8.15. The highest BCUT2D eigenvalue weighted by Crippen LogP contribution is 2.40. The van der Waals surface area contributed by atoms with Gasteiger partial charge in [-0.15, -0.1) is 0 Å². The maximum atomic E-state index is 7.87. The molecule has 1 atom stereocenters. The Bertz CT molecular complexity index is 1140. The minimum absolute atomic E-state index is 0.198. The van der Waals surface area contributed by atoms with Crippen molar-refractivity contribution in [1.29, 1.82) is 5.41 Å². The van der Waals surface area contributed by atoms with Crippen LogP contribution in [0.15, 0.2) is 29.4 Å². The number of anilines is 1. The minimum atomic E-state index is 0.198. The third kappa shape index (κ3) is 5.54. The molecule has 2 N–H and O–H groups in total. The maximum absolute atomic E-state index is 7.87. The van der Waals surface area contributed by atoms with Crippen LogP contribution in [0.3, 0.4) is 0 Å². The van der Waals surface area contributed by atoms with Crippen molar-refractivity contribution in [2.75, 3.05) is 31.1 Å². The zero-order valence-electron chi connectivity index (χ0n) is 23.1. The van der Waals surface area contributed by atoms with E-state index in [1.54, 1.807) is 6.92 Å². The van der Waals surface area contributed by atoms with Crippen molar-refractivity contribution >= 4 is 17.4 Å². The van der Waals surface area contributed by atoms with Gasteiger partial charge in [-0.1, -0.05) is 0 Å². The van der Waals surface area contributed by atoms with E-state index in [2.05, 4.69) is 70.6 Å². The van der Waals surface area contributed by atoms with E-state index in [1.165, 1.54) is 44.5 Å². The number of nitrogens with one attached hydrogen (secondary N) is 2. The number of piperidine rings is 1. The van der Waals surface area contributed by atoms with E-state index in [0.717, 1.165) is 41.8 Å². The number of aromatic nitrogens is 2. The molecule has 2 aromatic rings. The monoisotopic (exact) mass is 505 g/mol. The van der Waals surface area contributed by atoms with Gasteiger partial charge in [-0.3, -0.25) is 5.41 Å². The van der Waals surface area contributed by atoms with Crippen molar-refractivity contribution in [3.63, 3.8) is 0 Å². The second-order valence-corrected chi connectivity index (χ2v) is 11.4. The molecular formula is C29H43N7O. The molecule has 0 aliphatic carbocycles. The quantitative estimate of drug-likeness (QED) is 0.452. The first-order chi connectivity index (χ1) is 17.8. The number of hydrogen-bond donors (Lipinski definition) is 2. The molecule has 1 aromatic carbocycles. The number of ether oxygens (including phenoxy) is 1. The third-order valence-corrected chi connectivity index (χ3v) is 8.00. The smallest absolute Gasteiger partial charge is 0.155 e. The van der Waals surface area contributed by atoms with Gasteiger partial charge in [0.2, 0.25) is 0 Å². The summed E-state index contributed by atoms with van der Waals surface area (Å²) in [5.41, 5.74) is 3.06. The molecule has 0 amide bonds. The fraction of sp³-hybridized carbons (Fsp3) is 0.621. The van der Waals surface area contributed by atoms with Gasteiger partial charge in [-0.25, -0.2) is 9.98 Å². The second-order valence-electron chi connectivity index (χ2n) is 11.4. The second kappa shape index (κ2) is 10.9. The summed E-state index contributed by atoms with van der Waals surface area (Å²) >= 11 is 0. The van der Waals surface area contributed by atoms with E-state index in [0.29, 0.717) is 24.5 Å². The molecule has 2 fully saturated rings. The van der Waals surface area contributed by atoms with E-state index >= 15 is 0 Å². The van der Waals surface area contributed by atoms with E-state index < -0.39 is 0 Å². The Morgan fingerprint density at radius 2 is 1.89 bits per heavy atom. The SMILES string of the molecule is CC(=N)/N=C(\NC(C)C)c1cn2c(n1)-c1ccc(N3CCCC3C3CCN(C(C)C)CC3)cc1OCC2. The van der Waals surface area contributed by atoms with Crippen LogP contribution in [0.2, 0.25) is 0 Å². The van der Waals surface area contributed by atoms with Gasteiger partial charge in [0.25, 0.3) is 0 Å². The van der Waals surface area contributed by atoms with Gasteiger partial charge in [-0.05, 0) is 91.4 Å². The molecule has 5 rings (SSSR count). The molecule has 1 unspecified atom stereocenters. The lowest BCUT2D eigenvalue weighted by atomic mass is 9.87. The van der Waals surface area contributed by atoms with Crippen molar-refractivity contribution in [2.45, 2.75) is 85.0 Å². The van der Waals surface area contributed by atoms with Gasteiger partial charge in [0.15, 0.2) is 5.84 Å². The molecule has 1 aromatic heterocycles. The van der Waals surface area contributed by atoms with Crippen LogP contribution in [0.4, 0.5) is 5.69 Å². The molecular weight excluding hydrogens is 462 g/mol. The highest BCUT2D eigenvalue weighted by atomic mass is 16.5. The number of benzene rings is 1. The molecule has 4 heterocycles. The first-order valence-electron chi connectivity index (χ1n) is 14.1.